The van der Waals surface area contributed by atoms with E-state index in [-0.39, 0.29) is 25.2 Å². The van der Waals surface area contributed by atoms with E-state index in [0.29, 0.717) is 63.7 Å². The quantitative estimate of drug-likeness (QED) is 0.291. The summed E-state index contributed by atoms with van der Waals surface area (Å²) in [7, 11) is 2.06. The first kappa shape index (κ1) is 37.0. The number of hydrogen-bond donors (Lipinski definition) is 3. The highest BCUT2D eigenvalue weighted by Crippen LogP contribution is 2.42. The monoisotopic (exact) mass is 744 g/mol. The molecule has 4 aliphatic heterocycles. The largest absolute Gasteiger partial charge is 0.418 e. The second-order valence-electron chi connectivity index (χ2n) is 13.8. The third-order valence-electron chi connectivity index (χ3n) is 10.5. The van der Waals surface area contributed by atoms with Crippen LogP contribution in [0.4, 0.5) is 46.6 Å². The van der Waals surface area contributed by atoms with E-state index < -0.39 is 59.1 Å². The van der Waals surface area contributed by atoms with Crippen molar-refractivity contribution >= 4 is 40.0 Å². The van der Waals surface area contributed by atoms with Gasteiger partial charge in [0.1, 0.15) is 11.0 Å². The summed E-state index contributed by atoms with van der Waals surface area (Å²) in [6, 6.07) is 0.842. The highest BCUT2D eigenvalue weighted by molar-refractivity contribution is 7.14. The molecule has 4 N–H and O–H groups in total. The predicted molar refractivity (Wildman–Crippen MR) is 179 cm³/mol. The molecule has 0 aliphatic carbocycles. The van der Waals surface area contributed by atoms with Gasteiger partial charge in [0.05, 0.1) is 23.4 Å². The number of anilines is 2. The molecule has 0 bridgehead atoms. The van der Waals surface area contributed by atoms with Crippen LogP contribution < -0.4 is 16.4 Å². The molecule has 51 heavy (non-hydrogen) atoms. The Morgan fingerprint density at radius 2 is 1.49 bits per heavy atom. The molecule has 0 unspecified atom stereocenters. The molecule has 1 aromatic heterocycles. The van der Waals surface area contributed by atoms with Gasteiger partial charge in [0, 0.05) is 63.3 Å². The van der Waals surface area contributed by atoms with E-state index >= 15 is 0 Å². The summed E-state index contributed by atoms with van der Waals surface area (Å²) in [5, 5.41) is 8.23. The van der Waals surface area contributed by atoms with Crippen LogP contribution in [-0.4, -0.2) is 120 Å². The van der Waals surface area contributed by atoms with E-state index in [4.69, 9.17) is 5.73 Å². The minimum atomic E-state index is -5.19. The number of carbonyl (C=O) groups is 3. The molecule has 3 fully saturated rings. The van der Waals surface area contributed by atoms with Gasteiger partial charge in [-0.05, 0) is 75.0 Å². The second-order valence-corrected chi connectivity index (χ2v) is 14.7. The average molecular weight is 745 g/mol. The fraction of sp³-hybridized carbons (Fsp3) is 0.606. The highest BCUT2D eigenvalue weighted by Gasteiger charge is 2.42. The molecular formula is C33H42F6N8O3S. The van der Waals surface area contributed by atoms with E-state index in [1.807, 2.05) is 11.4 Å². The Morgan fingerprint density at radius 1 is 0.902 bits per heavy atom. The Hall–Kier alpha value is -3.77. The Bertz CT molecular complexity index is 1560. The van der Waals surface area contributed by atoms with Gasteiger partial charge in [-0.25, -0.2) is 9.59 Å². The Labute approximate surface area is 295 Å². The molecule has 0 saturated carbocycles. The number of amides is 5. The van der Waals surface area contributed by atoms with Gasteiger partial charge in [0.2, 0.25) is 5.91 Å². The number of fused-ring (bicyclic) bond motifs is 1. The number of nitrogens with one attached hydrogen (secondary N) is 2. The van der Waals surface area contributed by atoms with Crippen molar-refractivity contribution in [3.8, 4) is 0 Å². The van der Waals surface area contributed by atoms with Gasteiger partial charge in [-0.1, -0.05) is 0 Å². The van der Waals surface area contributed by atoms with Gasteiger partial charge in [-0.2, -0.15) is 26.3 Å². The molecule has 280 valence electrons. The molecule has 3 saturated heterocycles. The van der Waals surface area contributed by atoms with E-state index in [1.54, 1.807) is 4.90 Å². The number of likely N-dealkylation sites (tertiary alicyclic amines) is 2. The van der Waals surface area contributed by atoms with Gasteiger partial charge in [0.25, 0.3) is 0 Å². The molecule has 1 aromatic carbocycles. The number of rotatable bonds is 6. The third-order valence-corrected chi connectivity index (χ3v) is 11.4. The summed E-state index contributed by atoms with van der Waals surface area (Å²) in [6.45, 7) is 4.52. The first-order valence-electron chi connectivity index (χ1n) is 17.1. The molecule has 4 aliphatic rings. The van der Waals surface area contributed by atoms with Crippen LogP contribution in [0.2, 0.25) is 0 Å². The van der Waals surface area contributed by atoms with Crippen molar-refractivity contribution in [3.05, 3.63) is 45.8 Å². The number of carbonyl (C=O) groups excluding carboxylic acids is 3. The number of nitrogens with zero attached hydrogens (tertiary/aromatic N) is 5. The number of alkyl halides is 6. The number of hydrogen-bond acceptors (Lipinski definition) is 7. The number of nitrogens with two attached hydrogens (primary N) is 1. The highest BCUT2D eigenvalue weighted by atomic mass is 32.1. The predicted octanol–water partition coefficient (Wildman–Crippen LogP) is 4.74. The fourth-order valence-corrected chi connectivity index (χ4v) is 8.33. The Morgan fingerprint density at radius 3 is 2.08 bits per heavy atom. The molecule has 0 spiro atoms. The molecule has 6 rings (SSSR count). The number of piperazine rings is 1. The Kier molecular flexibility index (Phi) is 10.7. The number of halogens is 6. The van der Waals surface area contributed by atoms with Crippen molar-refractivity contribution in [3.63, 3.8) is 0 Å². The minimum absolute atomic E-state index is 0.156. The van der Waals surface area contributed by atoms with Crippen molar-refractivity contribution in [2.75, 3.05) is 70.5 Å². The van der Waals surface area contributed by atoms with Crippen molar-refractivity contribution in [2.24, 2.45) is 0 Å². The molecule has 2 aromatic rings. The maximum atomic E-state index is 14.0. The maximum Gasteiger partial charge on any atom is 0.418 e. The third kappa shape index (κ3) is 8.32. The lowest BCUT2D eigenvalue weighted by atomic mass is 9.96. The van der Waals surface area contributed by atoms with Crippen molar-refractivity contribution in [1.29, 1.82) is 0 Å². The topological polar surface area (TPSA) is 117 Å². The zero-order valence-electron chi connectivity index (χ0n) is 28.2. The zero-order chi connectivity index (χ0) is 36.7. The van der Waals surface area contributed by atoms with Gasteiger partial charge in [0.15, 0.2) is 0 Å². The van der Waals surface area contributed by atoms with Gasteiger partial charge in [-0.15, -0.1) is 11.3 Å². The molecule has 1 atom stereocenters. The molecular weight excluding hydrogens is 702 g/mol. The first-order chi connectivity index (χ1) is 24.1. The molecule has 11 nitrogen and oxygen atoms in total. The Balaban J connectivity index is 1.17. The summed E-state index contributed by atoms with van der Waals surface area (Å²) in [6.07, 6.45) is -8.13. The lowest BCUT2D eigenvalue weighted by Crippen LogP contribution is -2.59. The number of thiophene rings is 1. The molecule has 18 heteroatoms. The summed E-state index contributed by atoms with van der Waals surface area (Å²) in [4.78, 5) is 49.6. The van der Waals surface area contributed by atoms with Crippen molar-refractivity contribution < 1.29 is 40.7 Å². The van der Waals surface area contributed by atoms with Crippen LogP contribution in [-0.2, 0) is 30.1 Å². The summed E-state index contributed by atoms with van der Waals surface area (Å²) in [5.41, 5.74) is 1.16. The molecule has 5 heterocycles. The second kappa shape index (κ2) is 14.7. The van der Waals surface area contributed by atoms with E-state index in [1.165, 1.54) is 21.1 Å². The van der Waals surface area contributed by atoms with Crippen LogP contribution in [0.5, 0.6) is 0 Å². The first-order valence-corrected chi connectivity index (χ1v) is 17.9. The average Bonchev–Trinajstić information content (AvgIpc) is 3.54. The van der Waals surface area contributed by atoms with E-state index in [9.17, 15) is 40.7 Å². The van der Waals surface area contributed by atoms with Gasteiger partial charge >= 0.3 is 24.4 Å². The summed E-state index contributed by atoms with van der Waals surface area (Å²) in [5.74, 6) is -0.586. The number of benzene rings is 1. The lowest BCUT2D eigenvalue weighted by molar-refractivity contribution is -0.141. The van der Waals surface area contributed by atoms with Crippen LogP contribution in [0, 0.1) is 0 Å². The SMILES string of the molecule is CN1CCC(N2CCN(C(=O)[C@@H](Cc3cc(C(F)(F)F)c(N)c(C(F)(F)F)c3)NC(=O)N3CCC(N4Cc5ccsc5NC4=O)CC3)CC2)CC1. The summed E-state index contributed by atoms with van der Waals surface area (Å²) < 4.78 is 83.2. The standard InChI is InChI=1S/C33H42F6N8O3S/c1-43-7-2-22(3-8-43)44-11-13-45(14-12-44)29(48)26(18-20-16-24(32(34,35)36)27(40)25(17-20)33(37,38)39)41-30(49)46-9-4-23(5-10-46)47-19-21-6-15-51-28(21)42-31(47)50/h6,15-17,22-23,26H,2-5,7-14,18-19,40H2,1H3,(H,41,49)(H,42,50)/t26-/m1/s1. The minimum Gasteiger partial charge on any atom is -0.398 e. The zero-order valence-corrected chi connectivity index (χ0v) is 29.0. The van der Waals surface area contributed by atoms with Crippen LogP contribution in [0.1, 0.15) is 47.9 Å². The van der Waals surface area contributed by atoms with E-state index in [2.05, 4.69) is 27.5 Å². The molecule has 5 amide bonds. The number of nitrogen functional groups attached to an aromatic ring is 1. The lowest BCUT2D eigenvalue weighted by Gasteiger charge is -2.43. The smallest absolute Gasteiger partial charge is 0.398 e. The van der Waals surface area contributed by atoms with Crippen molar-refractivity contribution in [1.82, 2.24) is 29.8 Å². The summed E-state index contributed by atoms with van der Waals surface area (Å²) >= 11 is 1.44. The van der Waals surface area contributed by atoms with Gasteiger partial charge < -0.3 is 30.7 Å². The van der Waals surface area contributed by atoms with Crippen LogP contribution in [0.3, 0.4) is 0 Å². The maximum absolute atomic E-state index is 14.0. The van der Waals surface area contributed by atoms with Gasteiger partial charge in [-0.3, -0.25) is 15.0 Å². The molecule has 0 radical (unpaired) electrons. The van der Waals surface area contributed by atoms with Crippen LogP contribution >= 0.6 is 11.3 Å². The van der Waals surface area contributed by atoms with E-state index in [0.717, 1.165) is 36.5 Å². The van der Waals surface area contributed by atoms with Crippen LogP contribution in [0.25, 0.3) is 0 Å². The van der Waals surface area contributed by atoms with Crippen LogP contribution in [0.15, 0.2) is 23.6 Å². The fourth-order valence-electron chi connectivity index (χ4n) is 7.53. The van der Waals surface area contributed by atoms with Crippen molar-refractivity contribution in [2.45, 2.75) is 69.1 Å². The number of piperidine rings is 2. The number of urea groups is 2. The normalized spacial score (nSPS) is 21.0.